The number of hydrogen-bond acceptors (Lipinski definition) is 5. The molecule has 0 aliphatic carbocycles. The van der Waals surface area contributed by atoms with Crippen LogP contribution in [-0.2, 0) is 22.6 Å². The van der Waals surface area contributed by atoms with Crippen molar-refractivity contribution in [2.45, 2.75) is 19.9 Å². The van der Waals surface area contributed by atoms with Crippen LogP contribution in [0.25, 0.3) is 10.8 Å². The number of fused-ring (bicyclic) bond motifs is 1. The van der Waals surface area contributed by atoms with Crippen molar-refractivity contribution >= 4 is 33.9 Å². The lowest BCUT2D eigenvalue weighted by molar-refractivity contribution is -0.134. The van der Waals surface area contributed by atoms with Gasteiger partial charge in [0.05, 0.1) is 23.7 Å². The van der Waals surface area contributed by atoms with Gasteiger partial charge in [0.25, 0.3) is 0 Å². The monoisotopic (exact) mass is 422 g/mol. The molecular formula is C23H26N4O2S. The van der Waals surface area contributed by atoms with Crippen LogP contribution in [0.4, 0.5) is 0 Å². The van der Waals surface area contributed by atoms with Crippen molar-refractivity contribution in [3.63, 3.8) is 0 Å². The van der Waals surface area contributed by atoms with E-state index in [-0.39, 0.29) is 24.8 Å². The van der Waals surface area contributed by atoms with Gasteiger partial charge in [-0.1, -0.05) is 42.5 Å². The van der Waals surface area contributed by atoms with Crippen molar-refractivity contribution in [3.8, 4) is 0 Å². The zero-order valence-corrected chi connectivity index (χ0v) is 18.0. The standard InChI is InChI=1S/C23H26N4O2S/c1-17-25-20(16-30-17)15-26-9-11-27(12-10-26)23(29)14-24-22(28)13-19-7-4-6-18-5-2-3-8-21(18)19/h2-8,16H,9-15H2,1H3,(H,24,28). The minimum atomic E-state index is -0.128. The molecule has 0 unspecified atom stereocenters. The molecule has 2 aromatic carbocycles. The highest BCUT2D eigenvalue weighted by molar-refractivity contribution is 7.09. The van der Waals surface area contributed by atoms with Crippen LogP contribution in [0, 0.1) is 6.92 Å². The number of thiazole rings is 1. The Morgan fingerprint density at radius 1 is 1.07 bits per heavy atom. The van der Waals surface area contributed by atoms with E-state index in [9.17, 15) is 9.59 Å². The largest absolute Gasteiger partial charge is 0.347 e. The molecule has 7 heteroatoms. The van der Waals surface area contributed by atoms with Gasteiger partial charge in [0.15, 0.2) is 0 Å². The van der Waals surface area contributed by atoms with Crippen LogP contribution in [0.15, 0.2) is 47.8 Å². The molecule has 1 aromatic heterocycles. The molecular weight excluding hydrogens is 396 g/mol. The van der Waals surface area contributed by atoms with E-state index in [2.05, 4.69) is 20.6 Å². The summed E-state index contributed by atoms with van der Waals surface area (Å²) in [4.78, 5) is 33.6. The summed E-state index contributed by atoms with van der Waals surface area (Å²) in [7, 11) is 0. The molecule has 4 rings (SSSR count). The summed E-state index contributed by atoms with van der Waals surface area (Å²) in [5, 5.41) is 8.16. The van der Waals surface area contributed by atoms with Crippen LogP contribution < -0.4 is 5.32 Å². The van der Waals surface area contributed by atoms with Crippen LogP contribution in [0.2, 0.25) is 0 Å². The molecule has 2 amide bonds. The number of nitrogens with zero attached hydrogens (tertiary/aromatic N) is 3. The number of carbonyl (C=O) groups excluding carboxylic acids is 2. The normalized spacial score (nSPS) is 14.8. The van der Waals surface area contributed by atoms with Crippen molar-refractivity contribution < 1.29 is 9.59 Å². The predicted molar refractivity (Wildman–Crippen MR) is 119 cm³/mol. The fraction of sp³-hybridized carbons (Fsp3) is 0.348. The summed E-state index contributed by atoms with van der Waals surface area (Å²) in [6.45, 7) is 5.91. The van der Waals surface area contributed by atoms with Gasteiger partial charge >= 0.3 is 0 Å². The molecule has 0 spiro atoms. The molecule has 0 saturated carbocycles. The maximum absolute atomic E-state index is 12.5. The van der Waals surface area contributed by atoms with Gasteiger partial charge in [0.2, 0.25) is 11.8 Å². The second kappa shape index (κ2) is 9.36. The van der Waals surface area contributed by atoms with Crippen molar-refractivity contribution in [2.24, 2.45) is 0 Å². The van der Waals surface area contributed by atoms with E-state index in [1.54, 1.807) is 11.3 Å². The van der Waals surface area contributed by atoms with Crippen LogP contribution in [-0.4, -0.2) is 59.3 Å². The molecule has 30 heavy (non-hydrogen) atoms. The molecule has 6 nitrogen and oxygen atoms in total. The first-order chi connectivity index (χ1) is 14.6. The molecule has 1 aliphatic rings. The minimum absolute atomic E-state index is 0.0228. The van der Waals surface area contributed by atoms with E-state index in [4.69, 9.17) is 0 Å². The Bertz CT molecular complexity index is 1040. The third-order valence-corrected chi connectivity index (χ3v) is 6.27. The predicted octanol–water partition coefficient (Wildman–Crippen LogP) is 2.61. The summed E-state index contributed by atoms with van der Waals surface area (Å²) < 4.78 is 0. The molecule has 0 bridgehead atoms. The fourth-order valence-electron chi connectivity index (χ4n) is 3.83. The Labute approximate surface area is 180 Å². The number of aryl methyl sites for hydroxylation is 1. The third-order valence-electron chi connectivity index (χ3n) is 5.44. The molecule has 1 N–H and O–H groups in total. The number of carbonyl (C=O) groups is 2. The number of rotatable bonds is 6. The fourth-order valence-corrected chi connectivity index (χ4v) is 4.44. The van der Waals surface area contributed by atoms with Gasteiger partial charge in [0, 0.05) is 38.1 Å². The first-order valence-electron chi connectivity index (χ1n) is 10.2. The van der Waals surface area contributed by atoms with Crippen molar-refractivity contribution in [3.05, 3.63) is 64.1 Å². The Balaban J connectivity index is 1.23. The number of piperazine rings is 1. The number of aromatic nitrogens is 1. The van der Waals surface area contributed by atoms with Gasteiger partial charge in [-0.25, -0.2) is 4.98 Å². The lowest BCUT2D eigenvalue weighted by Gasteiger charge is -2.34. The lowest BCUT2D eigenvalue weighted by atomic mass is 10.0. The van der Waals surface area contributed by atoms with Gasteiger partial charge in [-0.2, -0.15) is 0 Å². The van der Waals surface area contributed by atoms with Crippen molar-refractivity contribution in [2.75, 3.05) is 32.7 Å². The quantitative estimate of drug-likeness (QED) is 0.663. The van der Waals surface area contributed by atoms with Crippen molar-refractivity contribution in [1.29, 1.82) is 0 Å². The molecule has 1 aliphatic heterocycles. The highest BCUT2D eigenvalue weighted by Gasteiger charge is 2.22. The summed E-state index contributed by atoms with van der Waals surface area (Å²) in [5.74, 6) is -0.150. The number of nitrogens with one attached hydrogen (secondary N) is 1. The van der Waals surface area contributed by atoms with Crippen LogP contribution >= 0.6 is 11.3 Å². The van der Waals surface area contributed by atoms with E-state index in [0.29, 0.717) is 13.1 Å². The Kier molecular flexibility index (Phi) is 6.40. The lowest BCUT2D eigenvalue weighted by Crippen LogP contribution is -2.51. The van der Waals surface area contributed by atoms with Crippen LogP contribution in [0.3, 0.4) is 0 Å². The third kappa shape index (κ3) is 5.04. The smallest absolute Gasteiger partial charge is 0.242 e. The van der Waals surface area contributed by atoms with E-state index in [0.717, 1.165) is 46.7 Å². The van der Waals surface area contributed by atoms with E-state index >= 15 is 0 Å². The molecule has 1 fully saturated rings. The second-order valence-corrected chi connectivity index (χ2v) is 8.67. The minimum Gasteiger partial charge on any atom is -0.347 e. The Morgan fingerprint density at radius 3 is 2.60 bits per heavy atom. The highest BCUT2D eigenvalue weighted by atomic mass is 32.1. The maximum atomic E-state index is 12.5. The summed E-state index contributed by atoms with van der Waals surface area (Å²) >= 11 is 1.67. The SMILES string of the molecule is Cc1nc(CN2CCN(C(=O)CNC(=O)Cc3cccc4ccccc34)CC2)cs1. The highest BCUT2D eigenvalue weighted by Crippen LogP contribution is 2.19. The Hall–Kier alpha value is -2.77. The van der Waals surface area contributed by atoms with E-state index in [1.165, 1.54) is 0 Å². The van der Waals surface area contributed by atoms with Gasteiger partial charge in [-0.15, -0.1) is 11.3 Å². The molecule has 1 saturated heterocycles. The van der Waals surface area contributed by atoms with Crippen LogP contribution in [0.5, 0.6) is 0 Å². The second-order valence-electron chi connectivity index (χ2n) is 7.61. The van der Waals surface area contributed by atoms with Gasteiger partial charge in [-0.3, -0.25) is 14.5 Å². The van der Waals surface area contributed by atoms with E-state index in [1.807, 2.05) is 54.3 Å². The Morgan fingerprint density at radius 2 is 1.83 bits per heavy atom. The average molecular weight is 423 g/mol. The first-order valence-corrected chi connectivity index (χ1v) is 11.1. The van der Waals surface area contributed by atoms with Crippen LogP contribution in [0.1, 0.15) is 16.3 Å². The van der Waals surface area contributed by atoms with Crippen molar-refractivity contribution in [1.82, 2.24) is 20.1 Å². The zero-order chi connectivity index (χ0) is 20.9. The number of benzene rings is 2. The summed E-state index contributed by atoms with van der Waals surface area (Å²) in [6, 6.07) is 14.0. The van der Waals surface area contributed by atoms with Gasteiger partial charge in [0.1, 0.15) is 0 Å². The van der Waals surface area contributed by atoms with E-state index < -0.39 is 0 Å². The number of hydrogen-bond donors (Lipinski definition) is 1. The maximum Gasteiger partial charge on any atom is 0.242 e. The number of amides is 2. The topological polar surface area (TPSA) is 65.5 Å². The molecule has 156 valence electrons. The average Bonchev–Trinajstić information content (AvgIpc) is 3.17. The summed E-state index contributed by atoms with van der Waals surface area (Å²) in [6.07, 6.45) is 0.273. The van der Waals surface area contributed by atoms with Gasteiger partial charge < -0.3 is 10.2 Å². The molecule has 2 heterocycles. The molecule has 0 radical (unpaired) electrons. The first kappa shape index (κ1) is 20.5. The summed E-state index contributed by atoms with van der Waals surface area (Å²) in [5.41, 5.74) is 2.07. The zero-order valence-electron chi connectivity index (χ0n) is 17.1. The molecule has 3 aromatic rings. The molecule has 0 atom stereocenters. The van der Waals surface area contributed by atoms with Gasteiger partial charge in [-0.05, 0) is 23.3 Å².